The van der Waals surface area contributed by atoms with Crippen LogP contribution in [0.1, 0.15) is 19.8 Å². The first-order chi connectivity index (χ1) is 9.68. The summed E-state index contributed by atoms with van der Waals surface area (Å²) in [6.07, 6.45) is 3.32. The Morgan fingerprint density at radius 2 is 1.71 bits per heavy atom. The summed E-state index contributed by atoms with van der Waals surface area (Å²) in [4.78, 5) is 0.161. The number of anilines is 1. The van der Waals surface area contributed by atoms with E-state index in [2.05, 4.69) is 10.0 Å². The predicted octanol–water partition coefficient (Wildman–Crippen LogP) is 0.972. The van der Waals surface area contributed by atoms with Crippen LogP contribution in [0.4, 0.5) is 5.69 Å². The number of hydrogen-bond acceptors (Lipinski definition) is 5. The lowest BCUT2D eigenvalue weighted by Crippen LogP contribution is -2.35. The van der Waals surface area contributed by atoms with E-state index < -0.39 is 25.1 Å². The highest BCUT2D eigenvalue weighted by Gasteiger charge is 2.25. The van der Waals surface area contributed by atoms with E-state index in [1.807, 2.05) is 0 Å². The zero-order valence-corrected chi connectivity index (χ0v) is 13.7. The molecule has 1 aliphatic rings. The summed E-state index contributed by atoms with van der Waals surface area (Å²) in [5.74, 6) is 0. The molecule has 2 rings (SSSR count). The minimum absolute atomic E-state index is 0.161. The molecular weight excluding hydrogens is 312 g/mol. The van der Waals surface area contributed by atoms with Gasteiger partial charge in [0.25, 0.3) is 0 Å². The van der Waals surface area contributed by atoms with E-state index in [1.54, 1.807) is 6.92 Å². The Labute approximate surface area is 125 Å². The molecule has 0 bridgehead atoms. The average Bonchev–Trinajstić information content (AvgIpc) is 3.19. The van der Waals surface area contributed by atoms with Gasteiger partial charge in [-0.3, -0.25) is 4.72 Å². The Morgan fingerprint density at radius 3 is 2.19 bits per heavy atom. The number of nitrogens with one attached hydrogen (secondary N) is 2. The van der Waals surface area contributed by atoms with Gasteiger partial charge in [-0.05, 0) is 44.0 Å². The van der Waals surface area contributed by atoms with E-state index in [0.29, 0.717) is 18.3 Å². The molecule has 0 spiro atoms. The fourth-order valence-electron chi connectivity index (χ4n) is 1.76. The molecule has 6 nitrogen and oxygen atoms in total. The van der Waals surface area contributed by atoms with Gasteiger partial charge in [0.15, 0.2) is 9.84 Å². The maximum absolute atomic E-state index is 12.1. The molecule has 0 aromatic heterocycles. The molecule has 118 valence electrons. The Kier molecular flexibility index (Phi) is 4.60. The van der Waals surface area contributed by atoms with Gasteiger partial charge in [-0.15, -0.1) is 0 Å². The van der Waals surface area contributed by atoms with Crippen molar-refractivity contribution in [1.29, 1.82) is 0 Å². The number of benzene rings is 1. The molecule has 1 saturated carbocycles. The second kappa shape index (κ2) is 5.94. The molecule has 2 N–H and O–H groups in total. The van der Waals surface area contributed by atoms with E-state index in [1.165, 1.54) is 24.3 Å². The van der Waals surface area contributed by atoms with Gasteiger partial charge in [0.05, 0.1) is 10.1 Å². The van der Waals surface area contributed by atoms with Crippen LogP contribution >= 0.6 is 0 Å². The minimum Gasteiger partial charge on any atom is -0.313 e. The lowest BCUT2D eigenvalue weighted by Gasteiger charge is -2.15. The van der Waals surface area contributed by atoms with E-state index in [4.69, 9.17) is 0 Å². The maximum Gasteiger partial charge on any atom is 0.236 e. The highest BCUT2D eigenvalue weighted by molar-refractivity contribution is 7.93. The van der Waals surface area contributed by atoms with E-state index in [0.717, 1.165) is 19.1 Å². The van der Waals surface area contributed by atoms with Crippen LogP contribution in [0.15, 0.2) is 29.2 Å². The molecule has 0 heterocycles. The van der Waals surface area contributed by atoms with Crippen LogP contribution in [-0.2, 0) is 19.9 Å². The third kappa shape index (κ3) is 4.69. The summed E-state index contributed by atoms with van der Waals surface area (Å²) in [7, 11) is -6.77. The Morgan fingerprint density at radius 1 is 1.14 bits per heavy atom. The summed E-state index contributed by atoms with van der Waals surface area (Å²) < 4.78 is 49.5. The van der Waals surface area contributed by atoms with Crippen LogP contribution in [0.5, 0.6) is 0 Å². The molecule has 0 radical (unpaired) electrons. The summed E-state index contributed by atoms with van der Waals surface area (Å²) in [5, 5.41) is 2.62. The smallest absolute Gasteiger partial charge is 0.236 e. The molecule has 1 aliphatic carbocycles. The van der Waals surface area contributed by atoms with E-state index in [-0.39, 0.29) is 4.90 Å². The van der Waals surface area contributed by atoms with Crippen LogP contribution in [-0.4, -0.2) is 40.9 Å². The highest BCUT2D eigenvalue weighted by Crippen LogP contribution is 2.19. The van der Waals surface area contributed by atoms with Gasteiger partial charge in [-0.25, -0.2) is 16.8 Å². The second-order valence-corrected chi connectivity index (χ2v) is 9.55. The Balaban J connectivity index is 2.01. The fourth-order valence-corrected chi connectivity index (χ4v) is 3.38. The number of hydrogen-bond donors (Lipinski definition) is 2. The minimum atomic E-state index is -3.49. The molecule has 21 heavy (non-hydrogen) atoms. The van der Waals surface area contributed by atoms with E-state index >= 15 is 0 Å². The van der Waals surface area contributed by atoms with Crippen molar-refractivity contribution in [2.24, 2.45) is 0 Å². The lowest BCUT2D eigenvalue weighted by atomic mass is 10.3. The molecule has 0 amide bonds. The quantitative estimate of drug-likeness (QED) is 0.776. The van der Waals surface area contributed by atoms with Crippen molar-refractivity contribution in [3.05, 3.63) is 24.3 Å². The molecule has 1 aromatic carbocycles. The lowest BCUT2D eigenvalue weighted by molar-refractivity contribution is 0.576. The molecule has 0 saturated heterocycles. The summed E-state index contributed by atoms with van der Waals surface area (Å²) in [6, 6.07) is 6.14. The largest absolute Gasteiger partial charge is 0.313 e. The number of sulfone groups is 1. The topological polar surface area (TPSA) is 92.3 Å². The molecule has 1 aromatic rings. The van der Waals surface area contributed by atoms with Crippen molar-refractivity contribution in [2.75, 3.05) is 17.5 Å². The van der Waals surface area contributed by atoms with Crippen LogP contribution in [0, 0.1) is 0 Å². The van der Waals surface area contributed by atoms with Gasteiger partial charge in [-0.1, -0.05) is 0 Å². The molecule has 8 heteroatoms. The van der Waals surface area contributed by atoms with Gasteiger partial charge in [0.1, 0.15) is 0 Å². The zero-order chi connectivity index (χ0) is 15.7. The number of rotatable bonds is 7. The third-order valence-electron chi connectivity index (χ3n) is 3.34. The normalized spacial score (nSPS) is 17.4. The Bertz CT molecular complexity index is 692. The number of sulfonamides is 1. The summed E-state index contributed by atoms with van der Waals surface area (Å²) in [6.45, 7) is 2.05. The van der Waals surface area contributed by atoms with E-state index in [9.17, 15) is 16.8 Å². The molecular formula is C13H20N2O4S2. The van der Waals surface area contributed by atoms with Crippen molar-refractivity contribution in [3.8, 4) is 0 Å². The average molecular weight is 332 g/mol. The summed E-state index contributed by atoms with van der Waals surface area (Å²) >= 11 is 0. The maximum atomic E-state index is 12.1. The zero-order valence-electron chi connectivity index (χ0n) is 12.0. The van der Waals surface area contributed by atoms with Crippen molar-refractivity contribution < 1.29 is 16.8 Å². The van der Waals surface area contributed by atoms with Crippen molar-refractivity contribution >= 4 is 25.5 Å². The first kappa shape index (κ1) is 16.3. The second-order valence-electron chi connectivity index (χ2n) is 5.44. The van der Waals surface area contributed by atoms with Gasteiger partial charge in [0, 0.05) is 24.5 Å². The molecule has 1 atom stereocenters. The fraction of sp³-hybridized carbons (Fsp3) is 0.538. The van der Waals surface area contributed by atoms with Crippen LogP contribution in [0.25, 0.3) is 0 Å². The van der Waals surface area contributed by atoms with Crippen molar-refractivity contribution in [1.82, 2.24) is 5.32 Å². The first-order valence-electron chi connectivity index (χ1n) is 6.73. The predicted molar refractivity (Wildman–Crippen MR) is 82.6 cm³/mol. The van der Waals surface area contributed by atoms with Crippen LogP contribution in [0.3, 0.4) is 0 Å². The van der Waals surface area contributed by atoms with Gasteiger partial charge < -0.3 is 5.32 Å². The monoisotopic (exact) mass is 332 g/mol. The molecule has 1 fully saturated rings. The van der Waals surface area contributed by atoms with Crippen LogP contribution < -0.4 is 10.0 Å². The van der Waals surface area contributed by atoms with Crippen LogP contribution in [0.2, 0.25) is 0 Å². The van der Waals surface area contributed by atoms with Crippen molar-refractivity contribution in [2.45, 2.75) is 36.0 Å². The Hall–Kier alpha value is -1.12. The third-order valence-corrected chi connectivity index (χ3v) is 6.22. The van der Waals surface area contributed by atoms with Gasteiger partial charge >= 0.3 is 0 Å². The molecule has 0 aliphatic heterocycles. The first-order valence-corrected chi connectivity index (χ1v) is 10.2. The standard InChI is InChI=1S/C13H20N2O4S2/c1-10(9-14-11-3-4-11)21(18,19)15-12-5-7-13(8-6-12)20(2,16)17/h5-8,10-11,14-15H,3-4,9H2,1-2H3. The summed E-state index contributed by atoms with van der Waals surface area (Å²) in [5.41, 5.74) is 0.362. The SMILES string of the molecule is CC(CNC1CC1)S(=O)(=O)Nc1ccc(S(C)(=O)=O)cc1. The highest BCUT2D eigenvalue weighted by atomic mass is 32.2. The molecule has 1 unspecified atom stereocenters. The van der Waals surface area contributed by atoms with Crippen molar-refractivity contribution in [3.63, 3.8) is 0 Å². The van der Waals surface area contributed by atoms with Gasteiger partial charge in [-0.2, -0.15) is 0 Å². The van der Waals surface area contributed by atoms with Gasteiger partial charge in [0.2, 0.25) is 10.0 Å².